The molecule has 40 heavy (non-hydrogen) atoms. The molecule has 2 aromatic heterocycles. The van der Waals surface area contributed by atoms with E-state index in [0.717, 1.165) is 5.56 Å². The maximum absolute atomic E-state index is 14.7. The van der Waals surface area contributed by atoms with Crippen molar-refractivity contribution in [2.75, 3.05) is 11.1 Å². The summed E-state index contributed by atoms with van der Waals surface area (Å²) in [7, 11) is 0. The molecule has 1 unspecified atom stereocenters. The lowest BCUT2D eigenvalue weighted by Gasteiger charge is -2.27. The van der Waals surface area contributed by atoms with Crippen LogP contribution in [0, 0.1) is 25.6 Å². The number of carbonyl (C=O) groups is 1. The zero-order valence-corrected chi connectivity index (χ0v) is 23.0. The molecule has 0 aliphatic carbocycles. The Kier molecular flexibility index (Phi) is 7.19. The first-order valence-corrected chi connectivity index (χ1v) is 12.9. The molecule has 13 heteroatoms. The van der Waals surface area contributed by atoms with Crippen LogP contribution in [0.3, 0.4) is 0 Å². The molecule has 3 heterocycles. The summed E-state index contributed by atoms with van der Waals surface area (Å²) in [5.41, 5.74) is 9.17. The monoisotopic (exact) mass is 568 g/mol. The van der Waals surface area contributed by atoms with Crippen LogP contribution in [-0.2, 0) is 17.9 Å². The van der Waals surface area contributed by atoms with Crippen LogP contribution in [0.2, 0.25) is 5.02 Å². The second kappa shape index (κ2) is 10.6. The number of carbonyl (C=O) groups excluding carboxylic acids is 1. The van der Waals surface area contributed by atoms with Crippen LogP contribution in [-0.4, -0.2) is 26.6 Å². The van der Waals surface area contributed by atoms with Crippen LogP contribution in [0.15, 0.2) is 51.0 Å². The Balaban J connectivity index is 1.47. The molecule has 5 rings (SSSR count). The van der Waals surface area contributed by atoms with E-state index in [0.29, 0.717) is 45.2 Å². The minimum atomic E-state index is -0.826. The minimum absolute atomic E-state index is 0.0203. The molecule has 1 aliphatic heterocycles. The van der Waals surface area contributed by atoms with E-state index in [-0.39, 0.29) is 29.8 Å². The molecule has 5 N–H and O–H groups in total. The molecule has 0 bridgehead atoms. The van der Waals surface area contributed by atoms with Gasteiger partial charge in [-0.2, -0.15) is 14.5 Å². The number of amides is 1. The van der Waals surface area contributed by atoms with Crippen molar-refractivity contribution in [2.45, 2.75) is 46.8 Å². The largest absolute Gasteiger partial charge is 0.421 e. The number of hydrogen-bond donors (Lipinski definition) is 4. The standard InChI is InChI=1S/C27H27ClF2N8O2/c1-5-38-24(30)16(13(3)37-38)11-32-25(39)20-14(4)33-26(35-22(20)15-7-6-12(2)10-17(15)28)36-27-34-19-9-8-18(29)21(31)23(19)40-27/h6-10,22H,5,11,31H2,1-4H3,(H,32,39)(H2,33,34,35,36). The average molecular weight is 569 g/mol. The SMILES string of the molecule is CCn1nc(C)c(CNC(=O)C2=C(C)NC(Nc3nc4ccc(F)c(N)c4o3)=NC2c2ccc(C)cc2Cl)c1F. The van der Waals surface area contributed by atoms with Crippen LogP contribution in [0.1, 0.15) is 42.3 Å². The highest BCUT2D eigenvalue weighted by molar-refractivity contribution is 6.31. The van der Waals surface area contributed by atoms with Crippen molar-refractivity contribution in [3.05, 3.63) is 80.8 Å². The number of oxazole rings is 1. The fourth-order valence-electron chi connectivity index (χ4n) is 4.52. The Morgan fingerprint density at radius 2 is 2.00 bits per heavy atom. The number of fused-ring (bicyclic) bond motifs is 1. The topological polar surface area (TPSA) is 135 Å². The first-order valence-electron chi connectivity index (χ1n) is 12.5. The molecule has 0 spiro atoms. The van der Waals surface area contributed by atoms with E-state index >= 15 is 0 Å². The molecule has 4 aromatic rings. The number of aliphatic imine (C=N–C) groups is 1. The number of nitrogens with two attached hydrogens (primary N) is 1. The first kappa shape index (κ1) is 27.1. The molecular weight excluding hydrogens is 542 g/mol. The molecule has 1 amide bonds. The quantitative estimate of drug-likeness (QED) is 0.243. The molecule has 0 saturated heterocycles. The van der Waals surface area contributed by atoms with Crippen molar-refractivity contribution in [3.8, 4) is 0 Å². The molecule has 1 aliphatic rings. The number of aryl methyl sites for hydroxylation is 3. The van der Waals surface area contributed by atoms with Gasteiger partial charge in [-0.1, -0.05) is 23.7 Å². The van der Waals surface area contributed by atoms with E-state index in [1.165, 1.54) is 16.8 Å². The number of guanidine groups is 1. The normalized spacial score (nSPS) is 15.3. The predicted molar refractivity (Wildman–Crippen MR) is 149 cm³/mol. The summed E-state index contributed by atoms with van der Waals surface area (Å²) in [6, 6.07) is 7.29. The van der Waals surface area contributed by atoms with Crippen LogP contribution >= 0.6 is 11.6 Å². The van der Waals surface area contributed by atoms with Crippen molar-refractivity contribution in [2.24, 2.45) is 4.99 Å². The molecular formula is C27H27ClF2N8O2. The Hall–Kier alpha value is -4.45. The third-order valence-corrected chi connectivity index (χ3v) is 6.94. The lowest BCUT2D eigenvalue weighted by atomic mass is 9.94. The van der Waals surface area contributed by atoms with Gasteiger partial charge in [0.25, 0.3) is 5.91 Å². The smallest absolute Gasteiger partial charge is 0.302 e. The summed E-state index contributed by atoms with van der Waals surface area (Å²) in [5, 5.41) is 13.4. The zero-order chi connectivity index (χ0) is 28.7. The van der Waals surface area contributed by atoms with Gasteiger partial charge in [-0.25, -0.2) is 14.1 Å². The highest BCUT2D eigenvalue weighted by Crippen LogP contribution is 2.36. The third kappa shape index (κ3) is 4.97. The minimum Gasteiger partial charge on any atom is -0.421 e. The Bertz CT molecular complexity index is 1710. The Labute approximate surface area is 233 Å². The first-order chi connectivity index (χ1) is 19.1. The molecule has 2 aromatic carbocycles. The van der Waals surface area contributed by atoms with E-state index in [1.54, 1.807) is 32.9 Å². The van der Waals surface area contributed by atoms with Crippen molar-refractivity contribution < 1.29 is 18.0 Å². The van der Waals surface area contributed by atoms with Gasteiger partial charge in [0.15, 0.2) is 5.58 Å². The summed E-state index contributed by atoms with van der Waals surface area (Å²) in [6.07, 6.45) is 0. The van der Waals surface area contributed by atoms with Crippen molar-refractivity contribution in [3.63, 3.8) is 0 Å². The fraction of sp³-hybridized carbons (Fsp3) is 0.259. The summed E-state index contributed by atoms with van der Waals surface area (Å²) in [4.78, 5) is 22.5. The number of allylic oxidation sites excluding steroid dienone is 1. The predicted octanol–water partition coefficient (Wildman–Crippen LogP) is 4.88. The number of nitrogens with zero attached hydrogens (tertiary/aromatic N) is 4. The van der Waals surface area contributed by atoms with Crippen LogP contribution in [0.5, 0.6) is 0 Å². The number of halogens is 3. The lowest BCUT2D eigenvalue weighted by molar-refractivity contribution is -0.118. The van der Waals surface area contributed by atoms with Gasteiger partial charge in [0.1, 0.15) is 23.1 Å². The van der Waals surface area contributed by atoms with E-state index < -0.39 is 23.7 Å². The van der Waals surface area contributed by atoms with Crippen LogP contribution in [0.4, 0.5) is 20.5 Å². The summed E-state index contributed by atoms with van der Waals surface area (Å²) < 4.78 is 35.5. The van der Waals surface area contributed by atoms with Gasteiger partial charge in [-0.15, -0.1) is 0 Å². The maximum atomic E-state index is 14.7. The highest BCUT2D eigenvalue weighted by atomic mass is 35.5. The van der Waals surface area contributed by atoms with Gasteiger partial charge in [0.05, 0.1) is 11.3 Å². The number of nitrogen functional groups attached to an aromatic ring is 1. The lowest BCUT2D eigenvalue weighted by Crippen LogP contribution is -2.39. The number of benzene rings is 2. The van der Waals surface area contributed by atoms with Crippen molar-refractivity contribution >= 4 is 46.3 Å². The second-order valence-electron chi connectivity index (χ2n) is 9.38. The van der Waals surface area contributed by atoms with Gasteiger partial charge in [-0.3, -0.25) is 10.1 Å². The number of anilines is 2. The maximum Gasteiger partial charge on any atom is 0.302 e. The second-order valence-corrected chi connectivity index (χ2v) is 9.78. The van der Waals surface area contributed by atoms with Gasteiger partial charge < -0.3 is 20.8 Å². The zero-order valence-electron chi connectivity index (χ0n) is 22.2. The van der Waals surface area contributed by atoms with Crippen molar-refractivity contribution in [1.29, 1.82) is 0 Å². The third-order valence-electron chi connectivity index (χ3n) is 6.61. The van der Waals surface area contributed by atoms with Crippen molar-refractivity contribution in [1.82, 2.24) is 25.4 Å². The highest BCUT2D eigenvalue weighted by Gasteiger charge is 2.31. The molecule has 208 valence electrons. The van der Waals surface area contributed by atoms with Gasteiger partial charge >= 0.3 is 6.01 Å². The number of rotatable bonds is 6. The van der Waals surface area contributed by atoms with Gasteiger partial charge in [-0.05, 0) is 51.5 Å². The molecule has 1 atom stereocenters. The van der Waals surface area contributed by atoms with Crippen LogP contribution in [0.25, 0.3) is 11.1 Å². The molecule has 10 nitrogen and oxygen atoms in total. The van der Waals surface area contributed by atoms with E-state index in [1.807, 2.05) is 13.0 Å². The van der Waals surface area contributed by atoms with E-state index in [9.17, 15) is 13.6 Å². The van der Waals surface area contributed by atoms with Gasteiger partial charge in [0.2, 0.25) is 11.9 Å². The number of nitrogens with one attached hydrogen (secondary N) is 3. The number of aromatic nitrogens is 3. The average Bonchev–Trinajstić information content (AvgIpc) is 3.44. The summed E-state index contributed by atoms with van der Waals surface area (Å²) >= 11 is 6.60. The molecule has 0 fully saturated rings. The molecule has 0 saturated carbocycles. The summed E-state index contributed by atoms with van der Waals surface area (Å²) in [5.74, 6) is -1.35. The fourth-order valence-corrected chi connectivity index (χ4v) is 4.86. The van der Waals surface area contributed by atoms with Gasteiger partial charge in [0, 0.05) is 34.9 Å². The molecule has 0 radical (unpaired) electrons. The Morgan fingerprint density at radius 1 is 1.23 bits per heavy atom. The van der Waals surface area contributed by atoms with E-state index in [2.05, 4.69) is 26.0 Å². The van der Waals surface area contributed by atoms with Crippen LogP contribution < -0.4 is 21.7 Å². The summed E-state index contributed by atoms with van der Waals surface area (Å²) in [6.45, 7) is 7.40. The number of hydrogen-bond acceptors (Lipinski definition) is 8. The Morgan fingerprint density at radius 3 is 2.70 bits per heavy atom. The van der Waals surface area contributed by atoms with E-state index in [4.69, 9.17) is 26.7 Å².